The van der Waals surface area contributed by atoms with Gasteiger partial charge in [-0.05, 0) is 18.6 Å². The molecule has 2 heterocycles. The van der Waals surface area contributed by atoms with E-state index in [-0.39, 0.29) is 0 Å². The van der Waals surface area contributed by atoms with E-state index in [1.165, 1.54) is 0 Å². The van der Waals surface area contributed by atoms with Crippen molar-refractivity contribution < 1.29 is 4.42 Å². The summed E-state index contributed by atoms with van der Waals surface area (Å²) in [4.78, 5) is 8.24. The number of oxazole rings is 1. The zero-order valence-corrected chi connectivity index (χ0v) is 7.61. The summed E-state index contributed by atoms with van der Waals surface area (Å²) in [7, 11) is 0. The quantitative estimate of drug-likeness (QED) is 0.666. The van der Waals surface area contributed by atoms with E-state index in [0.717, 1.165) is 17.0 Å². The second-order valence-electron chi connectivity index (χ2n) is 2.96. The van der Waals surface area contributed by atoms with E-state index in [2.05, 4.69) is 9.97 Å². The van der Waals surface area contributed by atoms with Gasteiger partial charge < -0.3 is 4.42 Å². The van der Waals surface area contributed by atoms with Crippen molar-refractivity contribution in [3.05, 3.63) is 36.0 Å². The first-order valence-electron chi connectivity index (χ1n) is 4.11. The molecular weight excluding hydrogens is 164 g/mol. The van der Waals surface area contributed by atoms with Crippen LogP contribution in [0.15, 0.2) is 28.9 Å². The van der Waals surface area contributed by atoms with Gasteiger partial charge in [-0.25, -0.2) is 4.98 Å². The van der Waals surface area contributed by atoms with Crippen LogP contribution in [0.2, 0.25) is 0 Å². The van der Waals surface area contributed by atoms with E-state index in [0.29, 0.717) is 5.89 Å². The third-order valence-corrected chi connectivity index (χ3v) is 1.79. The number of nitrogens with zero attached hydrogens (tertiary/aromatic N) is 2. The number of aryl methyl sites for hydroxylation is 2. The largest absolute Gasteiger partial charge is 0.439 e. The maximum absolute atomic E-state index is 5.34. The maximum Gasteiger partial charge on any atom is 0.191 e. The normalized spacial score (nSPS) is 10.3. The van der Waals surface area contributed by atoms with Crippen molar-refractivity contribution in [3.8, 4) is 11.5 Å². The van der Waals surface area contributed by atoms with Gasteiger partial charge in [0.05, 0.1) is 6.20 Å². The smallest absolute Gasteiger partial charge is 0.191 e. The van der Waals surface area contributed by atoms with E-state index >= 15 is 0 Å². The fourth-order valence-electron chi connectivity index (χ4n) is 1.09. The monoisotopic (exact) mass is 174 g/mol. The Bertz CT molecular complexity index is 403. The first kappa shape index (κ1) is 7.98. The Morgan fingerprint density at radius 1 is 1.08 bits per heavy atom. The molecule has 3 nitrogen and oxygen atoms in total. The van der Waals surface area contributed by atoms with Gasteiger partial charge in [-0.1, -0.05) is 6.07 Å². The van der Waals surface area contributed by atoms with Crippen LogP contribution in [0.25, 0.3) is 11.5 Å². The second kappa shape index (κ2) is 3.01. The summed E-state index contributed by atoms with van der Waals surface area (Å²) in [5.41, 5.74) is 1.96. The summed E-state index contributed by atoms with van der Waals surface area (Å²) in [6.45, 7) is 3.82. The summed E-state index contributed by atoms with van der Waals surface area (Å²) in [5, 5.41) is 0. The molecule has 0 aliphatic heterocycles. The molecule has 0 radical (unpaired) electrons. The van der Waals surface area contributed by atoms with Crippen molar-refractivity contribution in [2.45, 2.75) is 13.8 Å². The van der Waals surface area contributed by atoms with Crippen molar-refractivity contribution in [3.63, 3.8) is 0 Å². The number of aromatic nitrogens is 2. The Balaban J connectivity index is 2.41. The van der Waals surface area contributed by atoms with Crippen LogP contribution >= 0.6 is 0 Å². The molecular formula is C10H10N2O. The molecule has 0 N–H and O–H groups in total. The van der Waals surface area contributed by atoms with Crippen LogP contribution < -0.4 is 0 Å². The van der Waals surface area contributed by atoms with Gasteiger partial charge in [0, 0.05) is 13.1 Å². The van der Waals surface area contributed by atoms with Crippen LogP contribution in [-0.2, 0) is 0 Å². The highest BCUT2D eigenvalue weighted by Gasteiger charge is 2.03. The van der Waals surface area contributed by atoms with Gasteiger partial charge in [0.1, 0.15) is 5.69 Å². The number of rotatable bonds is 1. The minimum atomic E-state index is 0.664. The minimum Gasteiger partial charge on any atom is -0.439 e. The molecule has 0 saturated heterocycles. The van der Waals surface area contributed by atoms with Crippen LogP contribution in [0.3, 0.4) is 0 Å². The molecule has 0 aliphatic rings. The van der Waals surface area contributed by atoms with Crippen molar-refractivity contribution in [1.29, 1.82) is 0 Å². The molecule has 0 fully saturated rings. The molecule has 0 aliphatic carbocycles. The molecule has 0 unspecified atom stereocenters. The van der Waals surface area contributed by atoms with Crippen LogP contribution in [0.4, 0.5) is 0 Å². The Hall–Kier alpha value is -1.64. The van der Waals surface area contributed by atoms with E-state index < -0.39 is 0 Å². The van der Waals surface area contributed by atoms with Gasteiger partial charge in [0.15, 0.2) is 11.7 Å². The third-order valence-electron chi connectivity index (χ3n) is 1.79. The van der Waals surface area contributed by atoms with E-state index in [1.54, 1.807) is 6.20 Å². The Morgan fingerprint density at radius 2 is 1.92 bits per heavy atom. The van der Waals surface area contributed by atoms with E-state index in [9.17, 15) is 0 Å². The highest BCUT2D eigenvalue weighted by molar-refractivity contribution is 5.50. The molecule has 2 aromatic heterocycles. The molecule has 13 heavy (non-hydrogen) atoms. The SMILES string of the molecule is Cc1ccc(-c2cnc(C)o2)nc1. The van der Waals surface area contributed by atoms with Crippen LogP contribution in [0.5, 0.6) is 0 Å². The lowest BCUT2D eigenvalue weighted by Crippen LogP contribution is -1.81. The standard InChI is InChI=1S/C10H10N2O/c1-7-3-4-9(12-5-7)10-6-11-8(2)13-10/h3-6H,1-2H3. The highest BCUT2D eigenvalue weighted by Crippen LogP contribution is 2.17. The molecule has 3 heteroatoms. The zero-order valence-electron chi connectivity index (χ0n) is 7.61. The fraction of sp³-hybridized carbons (Fsp3) is 0.200. The molecule has 0 atom stereocenters. The first-order valence-corrected chi connectivity index (χ1v) is 4.11. The predicted octanol–water partition coefficient (Wildman–Crippen LogP) is 2.35. The van der Waals surface area contributed by atoms with Crippen molar-refractivity contribution in [2.24, 2.45) is 0 Å². The van der Waals surface area contributed by atoms with Gasteiger partial charge in [0.2, 0.25) is 0 Å². The summed E-state index contributed by atoms with van der Waals surface area (Å²) in [5.74, 6) is 1.38. The van der Waals surface area contributed by atoms with Crippen molar-refractivity contribution >= 4 is 0 Å². The van der Waals surface area contributed by atoms with Crippen LogP contribution in [0, 0.1) is 13.8 Å². The average molecular weight is 174 g/mol. The molecule has 0 saturated carbocycles. The Morgan fingerprint density at radius 3 is 2.46 bits per heavy atom. The lowest BCUT2D eigenvalue weighted by molar-refractivity contribution is 0.532. The van der Waals surface area contributed by atoms with Crippen LogP contribution in [0.1, 0.15) is 11.5 Å². The molecule has 2 aromatic rings. The average Bonchev–Trinajstić information content (AvgIpc) is 2.53. The predicted molar refractivity (Wildman–Crippen MR) is 49.2 cm³/mol. The van der Waals surface area contributed by atoms with E-state index in [1.807, 2.05) is 32.2 Å². The Kier molecular flexibility index (Phi) is 1.85. The number of hydrogen-bond donors (Lipinski definition) is 0. The first-order chi connectivity index (χ1) is 6.25. The maximum atomic E-state index is 5.34. The summed E-state index contributed by atoms with van der Waals surface area (Å²) in [6.07, 6.45) is 3.50. The van der Waals surface area contributed by atoms with Crippen molar-refractivity contribution in [2.75, 3.05) is 0 Å². The molecule has 66 valence electrons. The molecule has 2 rings (SSSR count). The lowest BCUT2D eigenvalue weighted by Gasteiger charge is -1.94. The lowest BCUT2D eigenvalue weighted by atomic mass is 10.2. The summed E-state index contributed by atoms with van der Waals surface area (Å²) >= 11 is 0. The minimum absolute atomic E-state index is 0.664. The van der Waals surface area contributed by atoms with Gasteiger partial charge >= 0.3 is 0 Å². The fourth-order valence-corrected chi connectivity index (χ4v) is 1.09. The highest BCUT2D eigenvalue weighted by atomic mass is 16.4. The molecule has 0 bridgehead atoms. The van der Waals surface area contributed by atoms with Crippen LogP contribution in [-0.4, -0.2) is 9.97 Å². The van der Waals surface area contributed by atoms with Crippen molar-refractivity contribution in [1.82, 2.24) is 9.97 Å². The van der Waals surface area contributed by atoms with Gasteiger partial charge in [0.25, 0.3) is 0 Å². The van der Waals surface area contributed by atoms with E-state index in [4.69, 9.17) is 4.42 Å². The molecule has 0 aromatic carbocycles. The topological polar surface area (TPSA) is 38.9 Å². The van der Waals surface area contributed by atoms with Gasteiger partial charge in [-0.2, -0.15) is 0 Å². The van der Waals surface area contributed by atoms with Gasteiger partial charge in [-0.3, -0.25) is 4.98 Å². The van der Waals surface area contributed by atoms with Gasteiger partial charge in [-0.15, -0.1) is 0 Å². The molecule has 0 amide bonds. The Labute approximate surface area is 76.5 Å². The number of pyridine rings is 1. The molecule has 0 spiro atoms. The zero-order chi connectivity index (χ0) is 9.26. The number of hydrogen-bond acceptors (Lipinski definition) is 3. The summed E-state index contributed by atoms with van der Waals surface area (Å²) in [6, 6.07) is 3.93. The summed E-state index contributed by atoms with van der Waals surface area (Å²) < 4.78 is 5.34. The second-order valence-corrected chi connectivity index (χ2v) is 2.96. The third kappa shape index (κ3) is 1.59.